The SMILES string of the molecule is O=[N+]([O-])c1cccc([C@@H]2CO[C@@H](CO)C2)c1. The Morgan fingerprint density at radius 3 is 3.00 bits per heavy atom. The minimum absolute atomic E-state index is 0.00538. The molecule has 0 saturated carbocycles. The highest BCUT2D eigenvalue weighted by Gasteiger charge is 2.26. The number of aliphatic hydroxyl groups excluding tert-OH is 1. The summed E-state index contributed by atoms with van der Waals surface area (Å²) < 4.78 is 5.35. The van der Waals surface area contributed by atoms with Gasteiger partial charge in [0.05, 0.1) is 24.2 Å². The highest BCUT2D eigenvalue weighted by atomic mass is 16.6. The molecule has 0 aliphatic carbocycles. The number of aliphatic hydroxyl groups is 1. The number of rotatable bonds is 3. The van der Waals surface area contributed by atoms with Crippen LogP contribution in [-0.2, 0) is 4.74 Å². The van der Waals surface area contributed by atoms with E-state index in [4.69, 9.17) is 9.84 Å². The first-order valence-corrected chi connectivity index (χ1v) is 5.17. The van der Waals surface area contributed by atoms with Crippen molar-refractivity contribution in [2.45, 2.75) is 18.4 Å². The minimum atomic E-state index is -0.400. The summed E-state index contributed by atoms with van der Waals surface area (Å²) in [7, 11) is 0. The molecule has 1 heterocycles. The van der Waals surface area contributed by atoms with Crippen molar-refractivity contribution < 1.29 is 14.8 Å². The fourth-order valence-corrected chi connectivity index (χ4v) is 1.96. The van der Waals surface area contributed by atoms with Crippen LogP contribution in [-0.4, -0.2) is 29.3 Å². The minimum Gasteiger partial charge on any atom is -0.394 e. The molecule has 0 spiro atoms. The van der Waals surface area contributed by atoms with Crippen LogP contribution in [0.3, 0.4) is 0 Å². The molecule has 1 aromatic rings. The van der Waals surface area contributed by atoms with Crippen LogP contribution in [0.5, 0.6) is 0 Å². The van der Waals surface area contributed by atoms with Crippen LogP contribution < -0.4 is 0 Å². The summed E-state index contributed by atoms with van der Waals surface area (Å²) in [6.07, 6.45) is 0.585. The van der Waals surface area contributed by atoms with E-state index < -0.39 is 4.92 Å². The molecule has 0 radical (unpaired) electrons. The Morgan fingerprint density at radius 1 is 1.56 bits per heavy atom. The van der Waals surface area contributed by atoms with E-state index in [9.17, 15) is 10.1 Å². The van der Waals surface area contributed by atoms with E-state index in [0.717, 1.165) is 12.0 Å². The largest absolute Gasteiger partial charge is 0.394 e. The van der Waals surface area contributed by atoms with E-state index in [1.165, 1.54) is 6.07 Å². The van der Waals surface area contributed by atoms with Gasteiger partial charge in [-0.3, -0.25) is 10.1 Å². The Hall–Kier alpha value is -1.46. The molecule has 0 amide bonds. The van der Waals surface area contributed by atoms with Crippen LogP contribution >= 0.6 is 0 Å². The number of nitro benzene ring substituents is 1. The fourth-order valence-electron chi connectivity index (χ4n) is 1.96. The summed E-state index contributed by atoms with van der Waals surface area (Å²) in [6.45, 7) is 0.526. The lowest BCUT2D eigenvalue weighted by Crippen LogP contribution is -2.09. The quantitative estimate of drug-likeness (QED) is 0.622. The third-order valence-electron chi connectivity index (χ3n) is 2.84. The standard InChI is InChI=1S/C11H13NO4/c13-6-11-5-9(7-16-11)8-2-1-3-10(4-8)12(14)15/h1-4,9,11,13H,5-7H2/t9-,11+/m0/s1. The van der Waals surface area contributed by atoms with Crippen molar-refractivity contribution in [2.24, 2.45) is 0 Å². The normalized spacial score (nSPS) is 24.6. The van der Waals surface area contributed by atoms with Crippen molar-refractivity contribution >= 4 is 5.69 Å². The van der Waals surface area contributed by atoms with Gasteiger partial charge in [0.2, 0.25) is 0 Å². The summed E-state index contributed by atoms with van der Waals surface area (Å²) in [4.78, 5) is 10.2. The molecule has 5 heteroatoms. The Morgan fingerprint density at radius 2 is 2.38 bits per heavy atom. The summed E-state index contributed by atoms with van der Waals surface area (Å²) in [5.41, 5.74) is 1.01. The molecule has 1 saturated heterocycles. The zero-order valence-electron chi connectivity index (χ0n) is 8.70. The van der Waals surface area contributed by atoms with Crippen molar-refractivity contribution in [1.82, 2.24) is 0 Å². The average Bonchev–Trinajstić information content (AvgIpc) is 2.77. The summed E-state index contributed by atoms with van der Waals surface area (Å²) in [6, 6.07) is 6.59. The zero-order valence-corrected chi connectivity index (χ0v) is 8.70. The molecule has 1 fully saturated rings. The van der Waals surface area contributed by atoms with Crippen molar-refractivity contribution in [2.75, 3.05) is 13.2 Å². The Kier molecular flexibility index (Phi) is 3.17. The van der Waals surface area contributed by atoms with E-state index in [0.29, 0.717) is 6.61 Å². The molecule has 1 aliphatic heterocycles. The van der Waals surface area contributed by atoms with Crippen LogP contribution in [0.25, 0.3) is 0 Å². The number of non-ortho nitro benzene ring substituents is 1. The highest BCUT2D eigenvalue weighted by molar-refractivity contribution is 5.36. The van der Waals surface area contributed by atoms with Crippen LogP contribution in [0.2, 0.25) is 0 Å². The molecule has 0 bridgehead atoms. The molecule has 0 unspecified atom stereocenters. The van der Waals surface area contributed by atoms with E-state index in [2.05, 4.69) is 0 Å². The molecule has 1 aliphatic rings. The van der Waals surface area contributed by atoms with Crippen LogP contribution in [0.1, 0.15) is 17.9 Å². The molecular formula is C11H13NO4. The van der Waals surface area contributed by atoms with E-state index in [1.807, 2.05) is 6.07 Å². The van der Waals surface area contributed by atoms with E-state index >= 15 is 0 Å². The Balaban J connectivity index is 2.15. The number of hydrogen-bond donors (Lipinski definition) is 1. The van der Waals surface area contributed by atoms with Crippen molar-refractivity contribution in [3.8, 4) is 0 Å². The van der Waals surface area contributed by atoms with Crippen LogP contribution in [0, 0.1) is 10.1 Å². The van der Waals surface area contributed by atoms with E-state index in [1.54, 1.807) is 12.1 Å². The summed E-state index contributed by atoms with van der Waals surface area (Å²) in [5, 5.41) is 19.6. The number of hydrogen-bond acceptors (Lipinski definition) is 4. The molecule has 1 aromatic carbocycles. The second kappa shape index (κ2) is 4.59. The Labute approximate surface area is 92.8 Å². The van der Waals surface area contributed by atoms with Crippen LogP contribution in [0.15, 0.2) is 24.3 Å². The van der Waals surface area contributed by atoms with Gasteiger partial charge in [-0.15, -0.1) is 0 Å². The number of benzene rings is 1. The van der Waals surface area contributed by atoms with Gasteiger partial charge in [-0.25, -0.2) is 0 Å². The van der Waals surface area contributed by atoms with Gasteiger partial charge in [-0.05, 0) is 12.0 Å². The van der Waals surface area contributed by atoms with Crippen molar-refractivity contribution in [1.29, 1.82) is 0 Å². The number of ether oxygens (including phenoxy) is 1. The lowest BCUT2D eigenvalue weighted by Gasteiger charge is -2.07. The predicted octanol–water partition coefficient (Wildman–Crippen LogP) is 1.46. The van der Waals surface area contributed by atoms with Gasteiger partial charge in [-0.1, -0.05) is 12.1 Å². The smallest absolute Gasteiger partial charge is 0.269 e. The van der Waals surface area contributed by atoms with E-state index in [-0.39, 0.29) is 24.3 Å². The van der Waals surface area contributed by atoms with Gasteiger partial charge in [0.25, 0.3) is 5.69 Å². The maximum atomic E-state index is 10.6. The van der Waals surface area contributed by atoms with Gasteiger partial charge in [0.15, 0.2) is 0 Å². The lowest BCUT2D eigenvalue weighted by atomic mass is 9.96. The third kappa shape index (κ3) is 2.20. The third-order valence-corrected chi connectivity index (χ3v) is 2.84. The summed E-state index contributed by atoms with van der Waals surface area (Å²) >= 11 is 0. The second-order valence-electron chi connectivity index (χ2n) is 3.92. The number of nitrogens with zero attached hydrogens (tertiary/aromatic N) is 1. The highest BCUT2D eigenvalue weighted by Crippen LogP contribution is 2.30. The first kappa shape index (κ1) is 11.0. The maximum Gasteiger partial charge on any atom is 0.269 e. The molecule has 16 heavy (non-hydrogen) atoms. The Bertz CT molecular complexity index is 393. The molecule has 1 N–H and O–H groups in total. The predicted molar refractivity (Wildman–Crippen MR) is 57.3 cm³/mol. The maximum absolute atomic E-state index is 10.6. The van der Waals surface area contributed by atoms with Gasteiger partial charge in [0, 0.05) is 18.1 Å². The fraction of sp³-hybridized carbons (Fsp3) is 0.455. The molecule has 2 atom stereocenters. The topological polar surface area (TPSA) is 72.6 Å². The molecule has 0 aromatic heterocycles. The molecular weight excluding hydrogens is 210 g/mol. The molecule has 5 nitrogen and oxygen atoms in total. The lowest BCUT2D eigenvalue weighted by molar-refractivity contribution is -0.384. The first-order chi connectivity index (χ1) is 7.70. The summed E-state index contributed by atoms with van der Waals surface area (Å²) in [5.74, 6) is 0.150. The second-order valence-corrected chi connectivity index (χ2v) is 3.92. The number of nitro groups is 1. The molecule has 2 rings (SSSR count). The van der Waals surface area contributed by atoms with Crippen molar-refractivity contribution in [3.63, 3.8) is 0 Å². The van der Waals surface area contributed by atoms with Crippen molar-refractivity contribution in [3.05, 3.63) is 39.9 Å². The van der Waals surface area contributed by atoms with Crippen LogP contribution in [0.4, 0.5) is 5.69 Å². The average molecular weight is 223 g/mol. The van der Waals surface area contributed by atoms with Gasteiger partial charge in [-0.2, -0.15) is 0 Å². The van der Waals surface area contributed by atoms with Gasteiger partial charge >= 0.3 is 0 Å². The van der Waals surface area contributed by atoms with Gasteiger partial charge < -0.3 is 9.84 Å². The van der Waals surface area contributed by atoms with Gasteiger partial charge in [0.1, 0.15) is 0 Å². The zero-order chi connectivity index (χ0) is 11.5. The monoisotopic (exact) mass is 223 g/mol. The first-order valence-electron chi connectivity index (χ1n) is 5.17. The molecule has 86 valence electrons.